The van der Waals surface area contributed by atoms with Gasteiger partial charge >= 0.3 is 5.69 Å². The third kappa shape index (κ3) is 4.74. The Labute approximate surface area is 243 Å². The van der Waals surface area contributed by atoms with Crippen LogP contribution in [0.5, 0.6) is 0 Å². The largest absolute Gasteiger partial charge is 0.358 e. The fourth-order valence-electron chi connectivity index (χ4n) is 6.79. The lowest BCUT2D eigenvalue weighted by Crippen LogP contribution is -2.41. The number of ether oxygens (including phenoxy) is 4. The van der Waals surface area contributed by atoms with E-state index < -0.39 is 47.2 Å². The van der Waals surface area contributed by atoms with Crippen molar-refractivity contribution in [2.45, 2.75) is 68.0 Å². The number of fused-ring (bicyclic) bond motifs is 1. The number of benzene rings is 3. The molecule has 1 spiro atoms. The Hall–Kier alpha value is -3.82. The van der Waals surface area contributed by atoms with E-state index in [1.165, 1.54) is 16.8 Å². The minimum atomic E-state index is -0.933. The Morgan fingerprint density at radius 3 is 1.86 bits per heavy atom. The molecule has 7 rings (SSSR count). The van der Waals surface area contributed by atoms with E-state index in [1.54, 1.807) is 0 Å². The van der Waals surface area contributed by atoms with Gasteiger partial charge in [-0.3, -0.25) is 14.3 Å². The van der Waals surface area contributed by atoms with E-state index in [-0.39, 0.29) is 6.61 Å². The first-order chi connectivity index (χ1) is 20.6. The topological polar surface area (TPSA) is 91.8 Å². The number of rotatable bonds is 7. The zero-order chi connectivity index (χ0) is 28.6. The van der Waals surface area contributed by atoms with Crippen molar-refractivity contribution in [3.8, 4) is 0 Å². The monoisotopic (exact) mass is 566 g/mol. The second-order valence-corrected chi connectivity index (χ2v) is 11.3. The molecule has 3 aromatic carbocycles. The lowest BCUT2D eigenvalue weighted by atomic mass is 9.80. The summed E-state index contributed by atoms with van der Waals surface area (Å²) >= 11 is 0. The highest BCUT2D eigenvalue weighted by atomic mass is 16.8. The molecule has 8 heteroatoms. The van der Waals surface area contributed by atoms with Crippen LogP contribution in [0.25, 0.3) is 0 Å². The van der Waals surface area contributed by atoms with Crippen molar-refractivity contribution in [1.82, 2.24) is 9.55 Å². The van der Waals surface area contributed by atoms with Gasteiger partial charge in [0.2, 0.25) is 0 Å². The summed E-state index contributed by atoms with van der Waals surface area (Å²) in [6.45, 7) is 0.174. The first kappa shape index (κ1) is 27.0. The van der Waals surface area contributed by atoms with E-state index in [0.29, 0.717) is 0 Å². The Bertz CT molecular complexity index is 1520. The molecule has 0 unspecified atom stereocenters. The van der Waals surface area contributed by atoms with Crippen molar-refractivity contribution in [2.24, 2.45) is 0 Å². The average molecular weight is 567 g/mol. The van der Waals surface area contributed by atoms with Crippen LogP contribution in [0.15, 0.2) is 113 Å². The maximum absolute atomic E-state index is 12.9. The SMILES string of the molecule is O=c1ccn([C@@H]2O[C@H](COC(c3ccccc3)(c3ccccc3)c3ccccc3)[C@H]3OC4(CCCCC4)O[C@H]32)c(=O)[nH]1. The molecule has 2 aliphatic heterocycles. The number of hydrogen-bond acceptors (Lipinski definition) is 6. The molecule has 2 saturated heterocycles. The zero-order valence-corrected chi connectivity index (χ0v) is 23.3. The van der Waals surface area contributed by atoms with Gasteiger partial charge in [0.1, 0.15) is 23.9 Å². The molecule has 1 aromatic heterocycles. The predicted octanol–water partition coefficient (Wildman–Crippen LogP) is 4.89. The first-order valence-corrected chi connectivity index (χ1v) is 14.7. The minimum Gasteiger partial charge on any atom is -0.358 e. The highest BCUT2D eigenvalue weighted by Gasteiger charge is 2.59. The smallest absolute Gasteiger partial charge is 0.330 e. The molecule has 3 fully saturated rings. The van der Waals surface area contributed by atoms with Crippen molar-refractivity contribution >= 4 is 0 Å². The molecule has 3 heterocycles. The Morgan fingerprint density at radius 1 is 0.762 bits per heavy atom. The van der Waals surface area contributed by atoms with Crippen LogP contribution < -0.4 is 11.2 Å². The normalized spacial score (nSPS) is 25.0. The van der Waals surface area contributed by atoms with Crippen molar-refractivity contribution in [3.63, 3.8) is 0 Å². The highest BCUT2D eigenvalue weighted by molar-refractivity contribution is 5.47. The predicted molar refractivity (Wildman–Crippen MR) is 156 cm³/mol. The number of aromatic nitrogens is 2. The Balaban J connectivity index is 1.28. The van der Waals surface area contributed by atoms with E-state index >= 15 is 0 Å². The van der Waals surface area contributed by atoms with Gasteiger partial charge in [0.25, 0.3) is 5.56 Å². The Morgan fingerprint density at radius 2 is 1.31 bits per heavy atom. The van der Waals surface area contributed by atoms with E-state index in [9.17, 15) is 9.59 Å². The summed E-state index contributed by atoms with van der Waals surface area (Å²) in [5.74, 6) is -0.699. The molecule has 1 aliphatic carbocycles. The van der Waals surface area contributed by atoms with Crippen molar-refractivity contribution < 1.29 is 18.9 Å². The summed E-state index contributed by atoms with van der Waals surface area (Å²) in [5.41, 5.74) is 1.01. The molecule has 4 aromatic rings. The number of nitrogens with zero attached hydrogens (tertiary/aromatic N) is 1. The first-order valence-electron chi connectivity index (χ1n) is 14.7. The summed E-state index contributed by atoms with van der Waals surface area (Å²) in [6.07, 6.45) is 3.95. The molecule has 216 valence electrons. The molecular weight excluding hydrogens is 532 g/mol. The molecule has 1 saturated carbocycles. The third-order valence-corrected chi connectivity index (χ3v) is 8.73. The van der Waals surface area contributed by atoms with Gasteiger partial charge < -0.3 is 18.9 Å². The van der Waals surface area contributed by atoms with Gasteiger partial charge in [-0.25, -0.2) is 4.79 Å². The van der Waals surface area contributed by atoms with Crippen molar-refractivity contribution in [2.75, 3.05) is 6.61 Å². The molecule has 0 bridgehead atoms. The second kappa shape index (κ2) is 11.1. The number of nitrogens with one attached hydrogen (secondary N) is 1. The highest BCUT2D eigenvalue weighted by Crippen LogP contribution is 2.49. The fraction of sp³-hybridized carbons (Fsp3) is 0.353. The van der Waals surface area contributed by atoms with Crippen LogP contribution in [-0.2, 0) is 24.5 Å². The number of aromatic amines is 1. The van der Waals surface area contributed by atoms with E-state index in [1.807, 2.05) is 54.6 Å². The van der Waals surface area contributed by atoms with Gasteiger partial charge in [-0.15, -0.1) is 0 Å². The van der Waals surface area contributed by atoms with E-state index in [2.05, 4.69) is 41.4 Å². The zero-order valence-electron chi connectivity index (χ0n) is 23.3. The van der Waals surface area contributed by atoms with Crippen LogP contribution in [0.4, 0.5) is 0 Å². The average Bonchev–Trinajstić information content (AvgIpc) is 3.55. The van der Waals surface area contributed by atoms with Crippen LogP contribution >= 0.6 is 0 Å². The molecular formula is C34H34N2O6. The Kier molecular flexibility index (Phi) is 7.15. The minimum absolute atomic E-state index is 0.174. The van der Waals surface area contributed by atoms with Gasteiger partial charge in [-0.05, 0) is 29.5 Å². The molecule has 8 nitrogen and oxygen atoms in total. The van der Waals surface area contributed by atoms with Gasteiger partial charge in [-0.2, -0.15) is 0 Å². The summed E-state index contributed by atoms with van der Waals surface area (Å²) in [4.78, 5) is 27.0. The van der Waals surface area contributed by atoms with Crippen molar-refractivity contribution in [3.05, 3.63) is 141 Å². The fourth-order valence-corrected chi connectivity index (χ4v) is 6.79. The molecule has 0 radical (unpaired) electrons. The van der Waals surface area contributed by atoms with Crippen molar-refractivity contribution in [1.29, 1.82) is 0 Å². The summed E-state index contributed by atoms with van der Waals surface area (Å²) in [7, 11) is 0. The molecule has 0 amide bonds. The lowest BCUT2D eigenvalue weighted by Gasteiger charge is -2.37. The van der Waals surface area contributed by atoms with Gasteiger partial charge in [0, 0.05) is 25.1 Å². The quantitative estimate of drug-likeness (QED) is 0.321. The number of hydrogen-bond donors (Lipinski definition) is 1. The molecule has 42 heavy (non-hydrogen) atoms. The maximum Gasteiger partial charge on any atom is 0.330 e. The van der Waals surface area contributed by atoms with Gasteiger partial charge in [0.15, 0.2) is 12.0 Å². The third-order valence-electron chi connectivity index (χ3n) is 8.73. The summed E-state index contributed by atoms with van der Waals surface area (Å²) in [6, 6.07) is 31.9. The molecule has 4 atom stereocenters. The molecule has 3 aliphatic rings. The lowest BCUT2D eigenvalue weighted by molar-refractivity contribution is -0.236. The summed E-state index contributed by atoms with van der Waals surface area (Å²) < 4.78 is 28.4. The second-order valence-electron chi connectivity index (χ2n) is 11.3. The van der Waals surface area contributed by atoms with Gasteiger partial charge in [-0.1, -0.05) is 97.4 Å². The van der Waals surface area contributed by atoms with E-state index in [4.69, 9.17) is 18.9 Å². The van der Waals surface area contributed by atoms with Crippen LogP contribution in [0.1, 0.15) is 55.0 Å². The van der Waals surface area contributed by atoms with Gasteiger partial charge in [0.05, 0.1) is 6.61 Å². The maximum atomic E-state index is 12.9. The van der Waals surface area contributed by atoms with Crippen LogP contribution in [0.3, 0.4) is 0 Å². The molecule has 1 N–H and O–H groups in total. The van der Waals surface area contributed by atoms with E-state index in [0.717, 1.165) is 48.8 Å². The van der Waals surface area contributed by atoms with Crippen LogP contribution in [0.2, 0.25) is 0 Å². The van der Waals surface area contributed by atoms with Crippen LogP contribution in [-0.4, -0.2) is 40.3 Å². The number of H-pyrrole nitrogens is 1. The van der Waals surface area contributed by atoms with Crippen LogP contribution in [0, 0.1) is 0 Å². The summed E-state index contributed by atoms with van der Waals surface area (Å²) in [5, 5.41) is 0. The standard InChI is InChI=1S/C34H34N2O6/c37-28-19-22-36(32(38)35-28)31-30-29(41-33(42-30)20-11-4-12-21-33)27(40-31)23-39-34(24-13-5-1-6-14-24,25-15-7-2-8-16-25)26-17-9-3-10-18-26/h1-3,5-10,13-19,22,27,29-31H,4,11-12,20-21,23H2,(H,35,37,38)/t27-,29-,30-,31-/m1/s1.